The molecule has 3 N–H and O–H groups in total. The van der Waals surface area contributed by atoms with Crippen molar-refractivity contribution in [2.75, 3.05) is 23.8 Å². The summed E-state index contributed by atoms with van der Waals surface area (Å²) in [6.45, 7) is 2.97. The van der Waals surface area contributed by atoms with Gasteiger partial charge in [0.1, 0.15) is 0 Å². The van der Waals surface area contributed by atoms with Crippen LogP contribution in [0.4, 0.5) is 17.1 Å². The van der Waals surface area contributed by atoms with Crippen LogP contribution >= 0.6 is 0 Å². The van der Waals surface area contributed by atoms with Gasteiger partial charge in [0.2, 0.25) is 0 Å². The van der Waals surface area contributed by atoms with Crippen molar-refractivity contribution in [2.45, 2.75) is 13.5 Å². The highest BCUT2D eigenvalue weighted by atomic mass is 16.6. The van der Waals surface area contributed by atoms with Crippen LogP contribution in [0.25, 0.3) is 0 Å². The third-order valence-corrected chi connectivity index (χ3v) is 3.37. The number of hydrogen-bond donors (Lipinski definition) is 3. The fourth-order valence-corrected chi connectivity index (χ4v) is 2.14. The molecular formula is C16H19N3O3. The zero-order valence-corrected chi connectivity index (χ0v) is 12.4. The Balaban J connectivity index is 2.20. The molecule has 0 fully saturated rings. The van der Waals surface area contributed by atoms with E-state index >= 15 is 0 Å². The molecule has 0 bridgehead atoms. The Labute approximate surface area is 128 Å². The normalized spacial score (nSPS) is 10.3. The van der Waals surface area contributed by atoms with Crippen LogP contribution in [0.1, 0.15) is 11.1 Å². The lowest BCUT2D eigenvalue weighted by Crippen LogP contribution is -2.09. The summed E-state index contributed by atoms with van der Waals surface area (Å²) in [7, 11) is 0. The maximum Gasteiger partial charge on any atom is 0.271 e. The molecule has 0 aliphatic heterocycles. The number of nitrogens with one attached hydrogen (secondary N) is 2. The van der Waals surface area contributed by atoms with E-state index in [1.807, 2.05) is 31.2 Å². The molecule has 0 atom stereocenters. The van der Waals surface area contributed by atoms with Gasteiger partial charge in [0.15, 0.2) is 0 Å². The van der Waals surface area contributed by atoms with Crippen LogP contribution < -0.4 is 10.6 Å². The zero-order chi connectivity index (χ0) is 15.9. The summed E-state index contributed by atoms with van der Waals surface area (Å²) in [4.78, 5) is 10.5. The van der Waals surface area contributed by atoms with Gasteiger partial charge in [-0.1, -0.05) is 24.3 Å². The molecule has 2 rings (SSSR count). The van der Waals surface area contributed by atoms with Gasteiger partial charge in [-0.15, -0.1) is 0 Å². The Morgan fingerprint density at radius 3 is 2.59 bits per heavy atom. The molecule has 0 amide bonds. The Kier molecular flexibility index (Phi) is 5.32. The van der Waals surface area contributed by atoms with Crippen molar-refractivity contribution >= 4 is 17.1 Å². The van der Waals surface area contributed by atoms with Gasteiger partial charge in [-0.2, -0.15) is 0 Å². The second-order valence-electron chi connectivity index (χ2n) is 4.92. The number of benzene rings is 2. The Bertz CT molecular complexity index is 659. The smallest absolute Gasteiger partial charge is 0.271 e. The highest BCUT2D eigenvalue weighted by Crippen LogP contribution is 2.27. The number of aryl methyl sites for hydroxylation is 1. The monoisotopic (exact) mass is 301 g/mol. The maximum atomic E-state index is 10.9. The summed E-state index contributed by atoms with van der Waals surface area (Å²) in [5.74, 6) is 0. The molecule has 2 aromatic carbocycles. The molecule has 0 saturated heterocycles. The molecular weight excluding hydrogens is 282 g/mol. The third-order valence-electron chi connectivity index (χ3n) is 3.37. The van der Waals surface area contributed by atoms with E-state index in [9.17, 15) is 10.1 Å². The van der Waals surface area contributed by atoms with Crippen molar-refractivity contribution in [3.05, 3.63) is 63.7 Å². The Morgan fingerprint density at radius 1 is 1.14 bits per heavy atom. The highest BCUT2D eigenvalue weighted by Gasteiger charge is 2.10. The van der Waals surface area contributed by atoms with Crippen molar-refractivity contribution in [1.82, 2.24) is 0 Å². The van der Waals surface area contributed by atoms with Gasteiger partial charge in [-0.25, -0.2) is 0 Å². The van der Waals surface area contributed by atoms with Crippen molar-refractivity contribution < 1.29 is 10.0 Å². The van der Waals surface area contributed by atoms with Crippen LogP contribution in [0.3, 0.4) is 0 Å². The standard InChI is InChI=1S/C16H19N3O3/c1-12-4-2-3-5-13(12)11-18-16-10-14(19(21)22)6-7-15(16)17-8-9-20/h2-7,10,17-18,20H,8-9,11H2,1H3. The molecule has 0 spiro atoms. The lowest BCUT2D eigenvalue weighted by molar-refractivity contribution is -0.384. The van der Waals surface area contributed by atoms with Gasteiger partial charge in [0.05, 0.1) is 22.9 Å². The van der Waals surface area contributed by atoms with Gasteiger partial charge < -0.3 is 15.7 Å². The maximum absolute atomic E-state index is 10.9. The van der Waals surface area contributed by atoms with E-state index in [2.05, 4.69) is 10.6 Å². The van der Waals surface area contributed by atoms with Crippen LogP contribution in [0.5, 0.6) is 0 Å². The van der Waals surface area contributed by atoms with Gasteiger partial charge in [0, 0.05) is 25.2 Å². The SMILES string of the molecule is Cc1ccccc1CNc1cc([N+](=O)[O-])ccc1NCCO. The van der Waals surface area contributed by atoms with E-state index in [-0.39, 0.29) is 12.3 Å². The Morgan fingerprint density at radius 2 is 1.91 bits per heavy atom. The number of aliphatic hydroxyl groups excluding tert-OH is 1. The minimum atomic E-state index is -0.422. The molecule has 0 aliphatic rings. The summed E-state index contributed by atoms with van der Waals surface area (Å²) in [5.41, 5.74) is 3.69. The van der Waals surface area contributed by atoms with Gasteiger partial charge in [-0.05, 0) is 24.1 Å². The second-order valence-corrected chi connectivity index (χ2v) is 4.92. The largest absolute Gasteiger partial charge is 0.395 e. The molecule has 0 unspecified atom stereocenters. The minimum Gasteiger partial charge on any atom is -0.395 e. The van der Waals surface area contributed by atoms with Crippen LogP contribution in [0.2, 0.25) is 0 Å². The summed E-state index contributed by atoms with van der Waals surface area (Å²) in [6, 6.07) is 12.6. The lowest BCUT2D eigenvalue weighted by atomic mass is 10.1. The van der Waals surface area contributed by atoms with Crippen LogP contribution in [-0.2, 0) is 6.54 Å². The number of nitro groups is 1. The second kappa shape index (κ2) is 7.42. The van der Waals surface area contributed by atoms with E-state index in [1.165, 1.54) is 12.1 Å². The van der Waals surface area contributed by atoms with Crippen molar-refractivity contribution in [2.24, 2.45) is 0 Å². The molecule has 2 aromatic rings. The van der Waals surface area contributed by atoms with Crippen LogP contribution in [-0.4, -0.2) is 23.2 Å². The van der Waals surface area contributed by atoms with Gasteiger partial charge in [-0.3, -0.25) is 10.1 Å². The van der Waals surface area contributed by atoms with Crippen LogP contribution in [0.15, 0.2) is 42.5 Å². The van der Waals surface area contributed by atoms with Gasteiger partial charge >= 0.3 is 0 Å². The topological polar surface area (TPSA) is 87.4 Å². The summed E-state index contributed by atoms with van der Waals surface area (Å²) >= 11 is 0. The molecule has 0 radical (unpaired) electrons. The van der Waals surface area contributed by atoms with E-state index in [0.29, 0.717) is 18.8 Å². The minimum absolute atomic E-state index is 0.00573. The van der Waals surface area contributed by atoms with E-state index in [1.54, 1.807) is 6.07 Å². The number of hydrogen-bond acceptors (Lipinski definition) is 5. The molecule has 116 valence electrons. The molecule has 0 heterocycles. The molecule has 0 saturated carbocycles. The quantitative estimate of drug-likeness (QED) is 0.540. The first kappa shape index (κ1) is 15.8. The van der Waals surface area contributed by atoms with Gasteiger partial charge in [0.25, 0.3) is 5.69 Å². The molecule has 6 heteroatoms. The number of nitrogens with zero attached hydrogens (tertiary/aromatic N) is 1. The number of aliphatic hydroxyl groups is 1. The van der Waals surface area contributed by atoms with Crippen molar-refractivity contribution in [3.63, 3.8) is 0 Å². The molecule has 0 aromatic heterocycles. The number of anilines is 2. The Hall–Kier alpha value is -2.60. The first-order valence-electron chi connectivity index (χ1n) is 7.03. The number of nitro benzene ring substituents is 1. The van der Waals surface area contributed by atoms with E-state index < -0.39 is 4.92 Å². The van der Waals surface area contributed by atoms with Crippen molar-refractivity contribution in [1.29, 1.82) is 0 Å². The van der Waals surface area contributed by atoms with E-state index in [4.69, 9.17) is 5.11 Å². The summed E-state index contributed by atoms with van der Waals surface area (Å²) < 4.78 is 0. The summed E-state index contributed by atoms with van der Waals surface area (Å²) in [6.07, 6.45) is 0. The average Bonchev–Trinajstić information content (AvgIpc) is 2.52. The first-order valence-corrected chi connectivity index (χ1v) is 7.03. The van der Waals surface area contributed by atoms with Crippen molar-refractivity contribution in [3.8, 4) is 0 Å². The predicted octanol–water partition coefficient (Wildman–Crippen LogP) is 2.92. The van der Waals surface area contributed by atoms with E-state index in [0.717, 1.165) is 16.8 Å². The lowest BCUT2D eigenvalue weighted by Gasteiger charge is -2.14. The zero-order valence-electron chi connectivity index (χ0n) is 12.4. The fourth-order valence-electron chi connectivity index (χ4n) is 2.14. The highest BCUT2D eigenvalue weighted by molar-refractivity contribution is 5.72. The van der Waals surface area contributed by atoms with Crippen LogP contribution in [0, 0.1) is 17.0 Å². The third kappa shape index (κ3) is 3.95. The molecule has 6 nitrogen and oxygen atoms in total. The molecule has 0 aliphatic carbocycles. The fraction of sp³-hybridized carbons (Fsp3) is 0.250. The predicted molar refractivity (Wildman–Crippen MR) is 87.2 cm³/mol. The summed E-state index contributed by atoms with van der Waals surface area (Å²) in [5, 5.41) is 26.1. The first-order chi connectivity index (χ1) is 10.6. The molecule has 22 heavy (non-hydrogen) atoms. The number of rotatable bonds is 7. The average molecular weight is 301 g/mol. The number of non-ortho nitro benzene ring substituents is 1.